The molecule has 2 heterocycles. The summed E-state index contributed by atoms with van der Waals surface area (Å²) in [6.45, 7) is 7.17. The number of hydrogen-bond acceptors (Lipinski definition) is 5. The summed E-state index contributed by atoms with van der Waals surface area (Å²) in [7, 11) is 1.73. The van der Waals surface area contributed by atoms with Crippen LogP contribution < -0.4 is 10.2 Å². The number of aromatic nitrogens is 3. The lowest BCUT2D eigenvalue weighted by Crippen LogP contribution is -2.49. The van der Waals surface area contributed by atoms with Crippen LogP contribution in [0.3, 0.4) is 0 Å². The molecule has 0 spiro atoms. The van der Waals surface area contributed by atoms with Gasteiger partial charge in [0.1, 0.15) is 5.82 Å². The molecule has 0 saturated carbocycles. The van der Waals surface area contributed by atoms with Crippen molar-refractivity contribution in [3.63, 3.8) is 0 Å². The molecule has 1 aliphatic rings. The Balaban J connectivity index is 1.89. The van der Waals surface area contributed by atoms with E-state index in [0.29, 0.717) is 6.04 Å². The molecule has 0 radical (unpaired) electrons. The molecule has 18 heavy (non-hydrogen) atoms. The first kappa shape index (κ1) is 13.3. The second-order valence-electron chi connectivity index (χ2n) is 4.97. The van der Waals surface area contributed by atoms with Crippen molar-refractivity contribution in [2.75, 3.05) is 31.6 Å². The lowest BCUT2D eigenvalue weighted by atomic mass is 10.2. The molecule has 2 atom stereocenters. The van der Waals surface area contributed by atoms with Gasteiger partial charge in [-0.05, 0) is 20.3 Å². The predicted octanol–water partition coefficient (Wildman–Crippen LogP) is 0.570. The summed E-state index contributed by atoms with van der Waals surface area (Å²) >= 11 is 0. The zero-order chi connectivity index (χ0) is 13.0. The molecule has 6 heteroatoms. The van der Waals surface area contributed by atoms with Gasteiger partial charge in [-0.15, -0.1) is 5.10 Å². The molecule has 1 aromatic heterocycles. The van der Waals surface area contributed by atoms with Gasteiger partial charge in [-0.3, -0.25) is 5.10 Å². The van der Waals surface area contributed by atoms with E-state index in [9.17, 15) is 0 Å². The van der Waals surface area contributed by atoms with Crippen molar-refractivity contribution in [3.05, 3.63) is 5.82 Å². The third-order valence-corrected chi connectivity index (χ3v) is 3.36. The van der Waals surface area contributed by atoms with Crippen molar-refractivity contribution < 1.29 is 4.74 Å². The summed E-state index contributed by atoms with van der Waals surface area (Å²) in [5.74, 6) is 1.77. The maximum atomic E-state index is 5.23. The standard InChI is InChI=1S/C12H23N5O/c1-9-8-17(7-6-13-9)12-14-11(15-16-12)5-4-10(2)18-3/h9-10,13H,4-8H2,1-3H3,(H,14,15,16)/t9-,10?/m0/s1. The van der Waals surface area contributed by atoms with Crippen molar-refractivity contribution in [1.29, 1.82) is 0 Å². The Morgan fingerprint density at radius 3 is 3.11 bits per heavy atom. The van der Waals surface area contributed by atoms with E-state index in [1.807, 2.05) is 0 Å². The van der Waals surface area contributed by atoms with E-state index in [-0.39, 0.29) is 6.10 Å². The molecule has 0 aliphatic carbocycles. The predicted molar refractivity (Wildman–Crippen MR) is 70.9 cm³/mol. The number of piperazine rings is 1. The molecule has 0 amide bonds. The van der Waals surface area contributed by atoms with Crippen molar-refractivity contribution in [1.82, 2.24) is 20.5 Å². The minimum atomic E-state index is 0.262. The molecule has 2 N–H and O–H groups in total. The minimum Gasteiger partial charge on any atom is -0.382 e. The number of nitrogens with one attached hydrogen (secondary N) is 2. The first-order chi connectivity index (χ1) is 8.69. The zero-order valence-corrected chi connectivity index (χ0v) is 11.4. The van der Waals surface area contributed by atoms with Crippen LogP contribution in [-0.2, 0) is 11.2 Å². The molecular weight excluding hydrogens is 230 g/mol. The number of rotatable bonds is 5. The molecule has 1 saturated heterocycles. The van der Waals surface area contributed by atoms with E-state index in [1.54, 1.807) is 7.11 Å². The molecule has 6 nitrogen and oxygen atoms in total. The largest absolute Gasteiger partial charge is 0.382 e. The van der Waals surface area contributed by atoms with E-state index in [2.05, 4.69) is 39.2 Å². The quantitative estimate of drug-likeness (QED) is 0.803. The van der Waals surface area contributed by atoms with E-state index in [0.717, 1.165) is 44.2 Å². The maximum Gasteiger partial charge on any atom is 0.244 e. The number of hydrogen-bond donors (Lipinski definition) is 2. The van der Waals surface area contributed by atoms with Crippen molar-refractivity contribution in [2.24, 2.45) is 0 Å². The third-order valence-electron chi connectivity index (χ3n) is 3.36. The van der Waals surface area contributed by atoms with Gasteiger partial charge < -0.3 is 15.0 Å². The highest BCUT2D eigenvalue weighted by Crippen LogP contribution is 2.11. The number of H-pyrrole nitrogens is 1. The van der Waals surface area contributed by atoms with Gasteiger partial charge in [0.2, 0.25) is 5.95 Å². The summed E-state index contributed by atoms with van der Waals surface area (Å²) in [4.78, 5) is 6.77. The smallest absolute Gasteiger partial charge is 0.244 e. The van der Waals surface area contributed by atoms with Crippen LogP contribution in [0.2, 0.25) is 0 Å². The number of ether oxygens (including phenoxy) is 1. The fourth-order valence-electron chi connectivity index (χ4n) is 2.11. The summed E-state index contributed by atoms with van der Waals surface area (Å²) in [5, 5.41) is 10.7. The Morgan fingerprint density at radius 2 is 2.39 bits per heavy atom. The molecule has 0 bridgehead atoms. The Bertz CT molecular complexity index is 367. The average Bonchev–Trinajstić information content (AvgIpc) is 2.84. The fraction of sp³-hybridized carbons (Fsp3) is 0.833. The SMILES string of the molecule is COC(C)CCc1nc(N2CCN[C@@H](C)C2)n[nH]1. The van der Waals surface area contributed by atoms with Gasteiger partial charge in [0.15, 0.2) is 0 Å². The van der Waals surface area contributed by atoms with Crippen LogP contribution in [-0.4, -0.2) is 54.1 Å². The minimum absolute atomic E-state index is 0.262. The third kappa shape index (κ3) is 3.43. The van der Waals surface area contributed by atoms with E-state index < -0.39 is 0 Å². The van der Waals surface area contributed by atoms with Gasteiger partial charge in [-0.25, -0.2) is 0 Å². The van der Waals surface area contributed by atoms with Crippen LogP contribution in [0.1, 0.15) is 26.1 Å². The lowest BCUT2D eigenvalue weighted by molar-refractivity contribution is 0.111. The number of anilines is 1. The molecule has 1 aromatic rings. The fourth-order valence-corrected chi connectivity index (χ4v) is 2.11. The number of aryl methyl sites for hydroxylation is 1. The molecule has 1 fully saturated rings. The summed E-state index contributed by atoms with van der Waals surface area (Å²) in [6.07, 6.45) is 2.10. The van der Waals surface area contributed by atoms with Crippen LogP contribution in [0.25, 0.3) is 0 Å². The van der Waals surface area contributed by atoms with Gasteiger partial charge in [-0.1, -0.05) is 0 Å². The maximum absolute atomic E-state index is 5.23. The molecule has 1 unspecified atom stereocenters. The highest BCUT2D eigenvalue weighted by Gasteiger charge is 2.19. The van der Waals surface area contributed by atoms with Crippen LogP contribution in [0.15, 0.2) is 0 Å². The number of nitrogens with zero attached hydrogens (tertiary/aromatic N) is 3. The highest BCUT2D eigenvalue weighted by atomic mass is 16.5. The Labute approximate surface area is 108 Å². The van der Waals surface area contributed by atoms with Gasteiger partial charge in [0.25, 0.3) is 0 Å². The number of methoxy groups -OCH3 is 1. The van der Waals surface area contributed by atoms with Crippen LogP contribution >= 0.6 is 0 Å². The summed E-state index contributed by atoms with van der Waals surface area (Å²) in [6, 6.07) is 0.495. The van der Waals surface area contributed by atoms with Crippen molar-refractivity contribution in [3.8, 4) is 0 Å². The second-order valence-corrected chi connectivity index (χ2v) is 4.97. The van der Waals surface area contributed by atoms with Gasteiger partial charge >= 0.3 is 0 Å². The summed E-state index contributed by atoms with van der Waals surface area (Å²) in [5.41, 5.74) is 0. The molecular formula is C12H23N5O. The van der Waals surface area contributed by atoms with E-state index in [4.69, 9.17) is 4.74 Å². The van der Waals surface area contributed by atoms with E-state index in [1.165, 1.54) is 0 Å². The average molecular weight is 253 g/mol. The van der Waals surface area contributed by atoms with E-state index >= 15 is 0 Å². The van der Waals surface area contributed by atoms with Crippen LogP contribution in [0, 0.1) is 0 Å². The topological polar surface area (TPSA) is 66.1 Å². The monoisotopic (exact) mass is 253 g/mol. The summed E-state index contributed by atoms with van der Waals surface area (Å²) < 4.78 is 5.23. The first-order valence-electron chi connectivity index (χ1n) is 6.61. The lowest BCUT2D eigenvalue weighted by Gasteiger charge is -2.30. The highest BCUT2D eigenvalue weighted by molar-refractivity contribution is 5.30. The molecule has 102 valence electrons. The number of aromatic amines is 1. The molecule has 2 rings (SSSR count). The van der Waals surface area contributed by atoms with Gasteiger partial charge in [0, 0.05) is 39.2 Å². The molecule has 0 aromatic carbocycles. The Kier molecular flexibility index (Phi) is 4.54. The van der Waals surface area contributed by atoms with Crippen LogP contribution in [0.4, 0.5) is 5.95 Å². The second kappa shape index (κ2) is 6.15. The normalized spacial score (nSPS) is 22.2. The Hall–Kier alpha value is -1.14. The zero-order valence-electron chi connectivity index (χ0n) is 11.4. The van der Waals surface area contributed by atoms with Gasteiger partial charge in [-0.2, -0.15) is 4.98 Å². The first-order valence-corrected chi connectivity index (χ1v) is 6.61. The van der Waals surface area contributed by atoms with Crippen LogP contribution in [0.5, 0.6) is 0 Å². The van der Waals surface area contributed by atoms with Crippen molar-refractivity contribution >= 4 is 5.95 Å². The van der Waals surface area contributed by atoms with Crippen molar-refractivity contribution in [2.45, 2.75) is 38.8 Å². The molecule has 1 aliphatic heterocycles. The Morgan fingerprint density at radius 1 is 1.56 bits per heavy atom. The van der Waals surface area contributed by atoms with Gasteiger partial charge in [0.05, 0.1) is 6.10 Å².